The highest BCUT2D eigenvalue weighted by Crippen LogP contribution is 2.49. The smallest absolute Gasteiger partial charge is 0.305 e. The zero-order valence-electron chi connectivity index (χ0n) is 15.3. The lowest BCUT2D eigenvalue weighted by atomic mass is 9.83. The summed E-state index contributed by atoms with van der Waals surface area (Å²) in [5.74, 6) is -0.395. The maximum Gasteiger partial charge on any atom is 0.305 e. The first-order valence-corrected chi connectivity index (χ1v) is 9.89. The van der Waals surface area contributed by atoms with Crippen LogP contribution in [0.3, 0.4) is 0 Å². The molecule has 6 nitrogen and oxygen atoms in total. The number of hydrogen-bond donors (Lipinski definition) is 4. The van der Waals surface area contributed by atoms with Gasteiger partial charge in [-0.05, 0) is 50.0 Å². The molecule has 0 amide bonds. The number of aliphatic hydroxyl groups is 2. The van der Waals surface area contributed by atoms with Gasteiger partial charge in [0.05, 0.1) is 24.7 Å². The molecule has 146 valence electrons. The van der Waals surface area contributed by atoms with Crippen molar-refractivity contribution in [2.45, 2.75) is 69.5 Å². The highest BCUT2D eigenvalue weighted by Gasteiger charge is 2.50. The van der Waals surface area contributed by atoms with E-state index in [-0.39, 0.29) is 24.9 Å². The zero-order chi connectivity index (χ0) is 18.6. The molecule has 1 unspecified atom stereocenters. The molecule has 2 fully saturated rings. The molecule has 3 aliphatic rings. The Bertz CT molecular complexity index is 554. The van der Waals surface area contributed by atoms with Crippen LogP contribution in [0.25, 0.3) is 0 Å². The Morgan fingerprint density at radius 3 is 2.81 bits per heavy atom. The fourth-order valence-corrected chi connectivity index (χ4v) is 4.72. The van der Waals surface area contributed by atoms with Gasteiger partial charge >= 0.3 is 5.97 Å². The quantitative estimate of drug-likeness (QED) is 0.300. The Morgan fingerprint density at radius 1 is 1.31 bits per heavy atom. The van der Waals surface area contributed by atoms with Crippen molar-refractivity contribution in [2.75, 3.05) is 6.61 Å². The molecule has 0 heterocycles. The molecule has 0 spiro atoms. The largest absolute Gasteiger partial charge is 0.481 e. The summed E-state index contributed by atoms with van der Waals surface area (Å²) in [5.41, 5.74) is 2.70. The Balaban J connectivity index is 1.54. The lowest BCUT2D eigenvalue weighted by Crippen LogP contribution is -2.34. The van der Waals surface area contributed by atoms with E-state index in [1.54, 1.807) is 0 Å². The van der Waals surface area contributed by atoms with Gasteiger partial charge in [-0.3, -0.25) is 15.1 Å². The van der Waals surface area contributed by atoms with E-state index in [2.05, 4.69) is 5.48 Å². The molecule has 6 heteroatoms. The molecular formula is C20H31NO5. The van der Waals surface area contributed by atoms with Crippen LogP contribution in [0.5, 0.6) is 0 Å². The van der Waals surface area contributed by atoms with Crippen molar-refractivity contribution >= 4 is 5.97 Å². The van der Waals surface area contributed by atoms with Gasteiger partial charge in [0.15, 0.2) is 0 Å². The van der Waals surface area contributed by atoms with Crippen molar-refractivity contribution in [3.8, 4) is 0 Å². The van der Waals surface area contributed by atoms with Gasteiger partial charge < -0.3 is 15.3 Å². The van der Waals surface area contributed by atoms with E-state index in [1.165, 1.54) is 19.3 Å². The molecule has 4 N–H and O–H groups in total. The van der Waals surface area contributed by atoms with Crippen LogP contribution >= 0.6 is 0 Å². The zero-order valence-corrected chi connectivity index (χ0v) is 15.3. The van der Waals surface area contributed by atoms with Crippen LogP contribution in [-0.2, 0) is 9.63 Å². The standard InChI is InChI=1S/C20H31NO5/c22-18(14-4-2-1-3-5-14)9-8-15-6-7-16-12-17(13-20(15,16)25)21-26-11-10-19(23)24/h8-9,13-16,18,21-22,25H,1-7,10-12H2,(H,23,24)/t15-,16-,18?,20-/m1/s1. The molecule has 26 heavy (non-hydrogen) atoms. The van der Waals surface area contributed by atoms with Crippen molar-refractivity contribution in [1.82, 2.24) is 5.48 Å². The van der Waals surface area contributed by atoms with E-state index in [1.807, 2.05) is 18.2 Å². The maximum absolute atomic E-state index is 11.1. The third kappa shape index (κ3) is 4.48. The minimum absolute atomic E-state index is 0.00376. The first-order chi connectivity index (χ1) is 12.5. The predicted octanol–water partition coefficient (Wildman–Crippen LogP) is 2.52. The van der Waals surface area contributed by atoms with Crippen LogP contribution < -0.4 is 5.48 Å². The minimum atomic E-state index is -0.902. The molecule has 2 saturated carbocycles. The maximum atomic E-state index is 11.1. The molecule has 3 rings (SSSR count). The van der Waals surface area contributed by atoms with E-state index in [0.717, 1.165) is 31.4 Å². The van der Waals surface area contributed by atoms with E-state index in [0.29, 0.717) is 12.3 Å². The number of nitrogens with one attached hydrogen (secondary N) is 1. The van der Waals surface area contributed by atoms with Crippen molar-refractivity contribution in [3.05, 3.63) is 23.9 Å². The number of hydroxylamine groups is 1. The number of hydrogen-bond acceptors (Lipinski definition) is 5. The van der Waals surface area contributed by atoms with Gasteiger partial charge in [-0.2, -0.15) is 0 Å². The first-order valence-electron chi connectivity index (χ1n) is 9.89. The van der Waals surface area contributed by atoms with Crippen LogP contribution in [0.4, 0.5) is 0 Å². The Morgan fingerprint density at radius 2 is 2.08 bits per heavy atom. The average molecular weight is 365 g/mol. The molecule has 0 aromatic rings. The molecule has 0 saturated heterocycles. The Hall–Kier alpha value is -1.37. The normalized spacial score (nSPS) is 33.2. The third-order valence-corrected chi connectivity index (χ3v) is 6.24. The summed E-state index contributed by atoms with van der Waals surface area (Å²) in [6.07, 6.45) is 13.6. The third-order valence-electron chi connectivity index (χ3n) is 6.24. The lowest BCUT2D eigenvalue weighted by molar-refractivity contribution is -0.138. The van der Waals surface area contributed by atoms with Crippen LogP contribution in [0.15, 0.2) is 23.9 Å². The highest BCUT2D eigenvalue weighted by molar-refractivity contribution is 5.66. The molecule has 0 radical (unpaired) electrons. The van der Waals surface area contributed by atoms with Gasteiger partial charge in [-0.1, -0.05) is 31.4 Å². The van der Waals surface area contributed by atoms with Crippen molar-refractivity contribution in [3.63, 3.8) is 0 Å². The second-order valence-electron chi connectivity index (χ2n) is 8.01. The number of aliphatic carboxylic acids is 1. The lowest BCUT2D eigenvalue weighted by Gasteiger charge is -2.28. The van der Waals surface area contributed by atoms with Crippen molar-refractivity contribution in [2.24, 2.45) is 17.8 Å². The average Bonchev–Trinajstić information content (AvgIpc) is 3.10. The van der Waals surface area contributed by atoms with Gasteiger partial charge in [-0.25, -0.2) is 0 Å². The summed E-state index contributed by atoms with van der Waals surface area (Å²) < 4.78 is 0. The monoisotopic (exact) mass is 365 g/mol. The van der Waals surface area contributed by atoms with E-state index >= 15 is 0 Å². The highest BCUT2D eigenvalue weighted by atomic mass is 16.6. The summed E-state index contributed by atoms with van der Waals surface area (Å²) in [5, 5.41) is 30.2. The molecule has 0 aliphatic heterocycles. The summed E-state index contributed by atoms with van der Waals surface area (Å²) >= 11 is 0. The van der Waals surface area contributed by atoms with Crippen LogP contribution in [-0.4, -0.2) is 39.6 Å². The van der Waals surface area contributed by atoms with Crippen LogP contribution in [0.2, 0.25) is 0 Å². The van der Waals surface area contributed by atoms with Crippen LogP contribution in [0.1, 0.15) is 57.8 Å². The van der Waals surface area contributed by atoms with E-state index in [9.17, 15) is 15.0 Å². The first kappa shape index (κ1) is 19.4. The molecule has 4 atom stereocenters. The molecule has 3 aliphatic carbocycles. The fourth-order valence-electron chi connectivity index (χ4n) is 4.72. The van der Waals surface area contributed by atoms with Gasteiger partial charge in [0.2, 0.25) is 0 Å². The molecular weight excluding hydrogens is 334 g/mol. The predicted molar refractivity (Wildman–Crippen MR) is 96.9 cm³/mol. The SMILES string of the molecule is O=C(O)CCONC1=C[C@]2(O)[C@H](CC[C@@H]2C=CC(O)C2CCCCC2)C1. The Labute approximate surface area is 154 Å². The number of carbonyl (C=O) groups is 1. The second kappa shape index (κ2) is 8.55. The van der Waals surface area contributed by atoms with Gasteiger partial charge in [-0.15, -0.1) is 0 Å². The Kier molecular flexibility index (Phi) is 6.37. The van der Waals surface area contributed by atoms with Crippen LogP contribution in [0, 0.1) is 17.8 Å². The number of aliphatic hydroxyl groups excluding tert-OH is 1. The van der Waals surface area contributed by atoms with E-state index < -0.39 is 17.7 Å². The van der Waals surface area contributed by atoms with Crippen molar-refractivity contribution in [1.29, 1.82) is 0 Å². The van der Waals surface area contributed by atoms with Gasteiger partial charge in [0, 0.05) is 11.6 Å². The number of carboxylic acid groups (broad SMARTS) is 1. The fraction of sp³-hybridized carbons (Fsp3) is 0.750. The number of allylic oxidation sites excluding steroid dienone is 1. The summed E-state index contributed by atoms with van der Waals surface area (Å²) in [4.78, 5) is 15.7. The van der Waals surface area contributed by atoms with Crippen molar-refractivity contribution < 1.29 is 25.0 Å². The van der Waals surface area contributed by atoms with Gasteiger partial charge in [0.25, 0.3) is 0 Å². The summed E-state index contributed by atoms with van der Waals surface area (Å²) in [6, 6.07) is 0. The number of rotatable bonds is 8. The topological polar surface area (TPSA) is 99.0 Å². The minimum Gasteiger partial charge on any atom is -0.481 e. The number of carboxylic acids is 1. The van der Waals surface area contributed by atoms with E-state index in [4.69, 9.17) is 9.94 Å². The second-order valence-corrected chi connectivity index (χ2v) is 8.01. The van der Waals surface area contributed by atoms with Gasteiger partial charge in [0.1, 0.15) is 0 Å². The summed E-state index contributed by atoms with van der Waals surface area (Å²) in [6.45, 7) is 0.0900. The number of fused-ring (bicyclic) bond motifs is 1. The molecule has 0 bridgehead atoms. The summed E-state index contributed by atoms with van der Waals surface area (Å²) in [7, 11) is 0. The molecule has 0 aromatic carbocycles. The molecule has 0 aromatic heterocycles.